The Morgan fingerprint density at radius 3 is 2.00 bits per heavy atom. The summed E-state index contributed by atoms with van der Waals surface area (Å²) in [5.74, 6) is 1.06. The van der Waals surface area contributed by atoms with E-state index in [0.29, 0.717) is 0 Å². The van der Waals surface area contributed by atoms with Crippen molar-refractivity contribution in [3.8, 4) is 0 Å². The van der Waals surface area contributed by atoms with Gasteiger partial charge >= 0.3 is 0 Å². The van der Waals surface area contributed by atoms with E-state index in [1.165, 1.54) is 0 Å². The van der Waals surface area contributed by atoms with E-state index < -0.39 is 8.07 Å². The minimum absolute atomic E-state index is 0.612. The van der Waals surface area contributed by atoms with Gasteiger partial charge in [0.2, 0.25) is 0 Å². The molecule has 1 spiro atoms. The average molecular weight is 182 g/mol. The SMILES string of the molecule is CC1CC[Si]2(CCCCC2)CC1. The predicted octanol–water partition coefficient (Wildman–Crippen LogP) is 4.05. The average Bonchev–Trinajstić information content (AvgIpc) is 2.13. The van der Waals surface area contributed by atoms with Gasteiger partial charge in [0.25, 0.3) is 0 Å². The second-order valence-electron chi connectivity index (χ2n) is 5.24. The summed E-state index contributed by atoms with van der Waals surface area (Å²) in [5, 5.41) is 0. The van der Waals surface area contributed by atoms with Crippen LogP contribution in [0.1, 0.15) is 39.0 Å². The molecule has 0 aromatic carbocycles. The van der Waals surface area contributed by atoms with Gasteiger partial charge in [0.1, 0.15) is 0 Å². The van der Waals surface area contributed by atoms with E-state index in [4.69, 9.17) is 0 Å². The minimum Gasteiger partial charge on any atom is -0.0625 e. The van der Waals surface area contributed by atoms with Crippen molar-refractivity contribution in [2.24, 2.45) is 5.92 Å². The molecule has 2 aliphatic rings. The van der Waals surface area contributed by atoms with E-state index in [9.17, 15) is 0 Å². The molecular formula is C11H22Si. The molecule has 1 heteroatoms. The molecule has 0 aliphatic carbocycles. The van der Waals surface area contributed by atoms with Crippen molar-refractivity contribution < 1.29 is 0 Å². The van der Waals surface area contributed by atoms with Gasteiger partial charge < -0.3 is 0 Å². The highest BCUT2D eigenvalue weighted by Crippen LogP contribution is 2.42. The Labute approximate surface area is 77.8 Å². The molecule has 2 fully saturated rings. The molecule has 0 saturated carbocycles. The van der Waals surface area contributed by atoms with Gasteiger partial charge in [-0.15, -0.1) is 0 Å². The van der Waals surface area contributed by atoms with Crippen molar-refractivity contribution in [3.05, 3.63) is 0 Å². The normalized spacial score (nSPS) is 30.8. The fourth-order valence-electron chi connectivity index (χ4n) is 3.18. The van der Waals surface area contributed by atoms with Gasteiger partial charge in [-0.3, -0.25) is 0 Å². The molecule has 2 heterocycles. The van der Waals surface area contributed by atoms with E-state index in [1.807, 2.05) is 0 Å². The lowest BCUT2D eigenvalue weighted by Crippen LogP contribution is -2.39. The molecule has 2 aliphatic heterocycles. The zero-order valence-corrected chi connectivity index (χ0v) is 9.44. The summed E-state index contributed by atoms with van der Waals surface area (Å²) in [6.45, 7) is 2.45. The second-order valence-corrected chi connectivity index (χ2v) is 10.2. The fraction of sp³-hybridized carbons (Fsp3) is 1.00. The van der Waals surface area contributed by atoms with Gasteiger partial charge in [-0.25, -0.2) is 0 Å². The van der Waals surface area contributed by atoms with E-state index >= 15 is 0 Å². The molecule has 0 atom stereocenters. The molecule has 2 rings (SSSR count). The summed E-state index contributed by atoms with van der Waals surface area (Å²) < 4.78 is 0. The molecule has 70 valence electrons. The van der Waals surface area contributed by atoms with Crippen molar-refractivity contribution in [1.29, 1.82) is 0 Å². The van der Waals surface area contributed by atoms with Crippen molar-refractivity contribution in [2.75, 3.05) is 0 Å². The van der Waals surface area contributed by atoms with Gasteiger partial charge in [0, 0.05) is 0 Å². The Morgan fingerprint density at radius 1 is 0.833 bits per heavy atom. The molecule has 0 N–H and O–H groups in total. The van der Waals surface area contributed by atoms with Gasteiger partial charge in [0.05, 0.1) is 8.07 Å². The third-order valence-electron chi connectivity index (χ3n) is 4.25. The zero-order chi connectivity index (χ0) is 8.44. The van der Waals surface area contributed by atoms with Crippen LogP contribution in [0.15, 0.2) is 0 Å². The Bertz CT molecular complexity index is 137. The van der Waals surface area contributed by atoms with Crippen LogP contribution in [0.25, 0.3) is 0 Å². The zero-order valence-electron chi connectivity index (χ0n) is 8.44. The molecular weight excluding hydrogens is 160 g/mol. The minimum atomic E-state index is -0.612. The van der Waals surface area contributed by atoms with E-state index in [-0.39, 0.29) is 0 Å². The summed E-state index contributed by atoms with van der Waals surface area (Å²) >= 11 is 0. The summed E-state index contributed by atoms with van der Waals surface area (Å²) in [7, 11) is -0.612. The first-order valence-corrected chi connectivity index (χ1v) is 8.64. The lowest BCUT2D eigenvalue weighted by Gasteiger charge is -2.40. The van der Waals surface area contributed by atoms with Crippen LogP contribution in [-0.2, 0) is 0 Å². The predicted molar refractivity (Wildman–Crippen MR) is 57.2 cm³/mol. The van der Waals surface area contributed by atoms with Gasteiger partial charge in [-0.05, 0) is 5.92 Å². The summed E-state index contributed by atoms with van der Waals surface area (Å²) in [6.07, 6.45) is 7.87. The molecule has 0 radical (unpaired) electrons. The first-order chi connectivity index (χ1) is 5.81. The van der Waals surface area contributed by atoms with Crippen LogP contribution in [0.2, 0.25) is 24.2 Å². The Morgan fingerprint density at radius 2 is 1.42 bits per heavy atom. The molecule has 0 amide bonds. The molecule has 0 aromatic heterocycles. The lowest BCUT2D eigenvalue weighted by molar-refractivity contribution is 0.500. The highest BCUT2D eigenvalue weighted by molar-refractivity contribution is 6.80. The Balaban J connectivity index is 1.92. The van der Waals surface area contributed by atoms with Crippen LogP contribution >= 0.6 is 0 Å². The van der Waals surface area contributed by atoms with Crippen LogP contribution < -0.4 is 0 Å². The smallest absolute Gasteiger partial charge is 0.0536 e. The van der Waals surface area contributed by atoms with Crippen LogP contribution in [0, 0.1) is 5.92 Å². The van der Waals surface area contributed by atoms with Crippen LogP contribution in [0.4, 0.5) is 0 Å². The third kappa shape index (κ3) is 1.76. The maximum atomic E-state index is 2.45. The quantitative estimate of drug-likeness (QED) is 0.496. The molecule has 0 aromatic rings. The maximum absolute atomic E-state index is 2.45. The fourth-order valence-corrected chi connectivity index (χ4v) is 8.89. The molecule has 12 heavy (non-hydrogen) atoms. The van der Waals surface area contributed by atoms with Crippen molar-refractivity contribution in [3.63, 3.8) is 0 Å². The van der Waals surface area contributed by atoms with Gasteiger partial charge in [-0.1, -0.05) is 63.2 Å². The van der Waals surface area contributed by atoms with Crippen LogP contribution in [0.3, 0.4) is 0 Å². The Hall–Kier alpha value is 0.217. The standard InChI is InChI=1S/C11H22Si/c1-11-5-9-12(10-6-11)7-3-2-4-8-12/h11H,2-10H2,1H3. The first kappa shape index (κ1) is 8.80. The molecule has 0 unspecified atom stereocenters. The summed E-state index contributed by atoms with van der Waals surface area (Å²) in [4.78, 5) is 0. The third-order valence-corrected chi connectivity index (χ3v) is 9.78. The monoisotopic (exact) mass is 182 g/mol. The number of hydrogen-bond donors (Lipinski definition) is 0. The van der Waals surface area contributed by atoms with Gasteiger partial charge in [-0.2, -0.15) is 0 Å². The van der Waals surface area contributed by atoms with Crippen LogP contribution in [0.5, 0.6) is 0 Å². The Kier molecular flexibility index (Phi) is 2.59. The van der Waals surface area contributed by atoms with Crippen molar-refractivity contribution >= 4 is 8.07 Å². The molecule has 0 nitrogen and oxygen atoms in total. The van der Waals surface area contributed by atoms with Gasteiger partial charge in [0.15, 0.2) is 0 Å². The van der Waals surface area contributed by atoms with E-state index in [2.05, 4.69) is 6.92 Å². The van der Waals surface area contributed by atoms with Crippen LogP contribution in [-0.4, -0.2) is 8.07 Å². The summed E-state index contributed by atoms with van der Waals surface area (Å²) in [5.41, 5.74) is 0. The molecule has 0 bridgehead atoms. The second kappa shape index (κ2) is 3.53. The van der Waals surface area contributed by atoms with Crippen molar-refractivity contribution in [1.82, 2.24) is 0 Å². The molecule has 2 saturated heterocycles. The first-order valence-electron chi connectivity index (χ1n) is 5.81. The maximum Gasteiger partial charge on any atom is 0.0536 e. The summed E-state index contributed by atoms with van der Waals surface area (Å²) in [6, 6.07) is 6.77. The van der Waals surface area contributed by atoms with Crippen molar-refractivity contribution in [2.45, 2.75) is 63.2 Å². The van der Waals surface area contributed by atoms with E-state index in [1.54, 1.807) is 56.3 Å². The number of hydrogen-bond acceptors (Lipinski definition) is 0. The topological polar surface area (TPSA) is 0 Å². The largest absolute Gasteiger partial charge is 0.0625 e. The lowest BCUT2D eigenvalue weighted by atomic mass is 10.1. The van der Waals surface area contributed by atoms with E-state index in [0.717, 1.165) is 5.92 Å². The number of rotatable bonds is 0. The highest BCUT2D eigenvalue weighted by atomic mass is 28.3. The highest BCUT2D eigenvalue weighted by Gasteiger charge is 2.36.